The lowest BCUT2D eigenvalue weighted by Gasteiger charge is -2.09. The van der Waals surface area contributed by atoms with Crippen LogP contribution in [0, 0.1) is 0 Å². The summed E-state index contributed by atoms with van der Waals surface area (Å²) in [5.74, 6) is -0.454. The monoisotopic (exact) mass is 214 g/mol. The fraction of sp³-hybridized carbons (Fsp3) is 0.333. The Morgan fingerprint density at radius 2 is 2.50 bits per heavy atom. The molecule has 0 aliphatic rings. The van der Waals surface area contributed by atoms with Gasteiger partial charge in [0.1, 0.15) is 6.04 Å². The Bertz CT molecular complexity index is 330. The lowest BCUT2D eigenvalue weighted by molar-refractivity contribution is -0.142. The number of pyridine rings is 1. The van der Waals surface area contributed by atoms with Crippen molar-refractivity contribution in [2.45, 2.75) is 12.5 Å². The van der Waals surface area contributed by atoms with E-state index in [1.54, 1.807) is 18.5 Å². The van der Waals surface area contributed by atoms with Gasteiger partial charge >= 0.3 is 5.97 Å². The Hall–Kier alpha value is -1.13. The molecule has 0 radical (unpaired) electrons. The lowest BCUT2D eigenvalue weighted by atomic mass is 10.1. The molecule has 2 N–H and O–H groups in total. The van der Waals surface area contributed by atoms with Crippen molar-refractivity contribution in [3.8, 4) is 0 Å². The van der Waals surface area contributed by atoms with Gasteiger partial charge in [-0.3, -0.25) is 9.78 Å². The maximum absolute atomic E-state index is 11.0. The molecule has 1 heterocycles. The number of halogens is 1. The summed E-state index contributed by atoms with van der Waals surface area (Å²) in [5.41, 5.74) is 6.31. The molecule has 0 aliphatic heterocycles. The predicted octanol–water partition coefficient (Wildman–Crippen LogP) is 0.778. The highest BCUT2D eigenvalue weighted by Gasteiger charge is 2.15. The first-order valence-corrected chi connectivity index (χ1v) is 4.44. The van der Waals surface area contributed by atoms with Crippen LogP contribution in [0.2, 0.25) is 5.02 Å². The van der Waals surface area contributed by atoms with Crippen molar-refractivity contribution < 1.29 is 9.53 Å². The first kappa shape index (κ1) is 10.9. The number of methoxy groups -OCH3 is 1. The normalized spacial score (nSPS) is 12.2. The summed E-state index contributed by atoms with van der Waals surface area (Å²) >= 11 is 5.87. The minimum atomic E-state index is -0.693. The van der Waals surface area contributed by atoms with Crippen LogP contribution >= 0.6 is 11.6 Å². The fourth-order valence-electron chi connectivity index (χ4n) is 1.03. The van der Waals surface area contributed by atoms with Crippen LogP contribution in [0.5, 0.6) is 0 Å². The molecule has 0 spiro atoms. The third kappa shape index (κ3) is 2.68. The summed E-state index contributed by atoms with van der Waals surface area (Å²) in [6, 6.07) is 0.961. The first-order chi connectivity index (χ1) is 6.65. The molecular weight excluding hydrogens is 204 g/mol. The number of nitrogens with zero attached hydrogens (tertiary/aromatic N) is 1. The SMILES string of the molecule is COC(=O)[C@@H](N)Cc1cnccc1Cl. The summed E-state index contributed by atoms with van der Waals surface area (Å²) in [5, 5.41) is 0.555. The van der Waals surface area contributed by atoms with Crippen LogP contribution in [0.15, 0.2) is 18.5 Å². The summed E-state index contributed by atoms with van der Waals surface area (Å²) < 4.78 is 4.50. The molecular formula is C9H11ClN2O2. The van der Waals surface area contributed by atoms with Gasteiger partial charge in [-0.25, -0.2) is 0 Å². The molecule has 76 valence electrons. The van der Waals surface area contributed by atoms with Crippen LogP contribution in [-0.4, -0.2) is 24.1 Å². The van der Waals surface area contributed by atoms with Gasteiger partial charge in [0.25, 0.3) is 0 Å². The second-order valence-corrected chi connectivity index (χ2v) is 3.21. The standard InChI is InChI=1S/C9H11ClN2O2/c1-14-9(13)8(11)4-6-5-12-3-2-7(6)10/h2-3,5,8H,4,11H2,1H3/t8-/m0/s1. The van der Waals surface area contributed by atoms with Crippen LogP contribution in [0.25, 0.3) is 0 Å². The first-order valence-electron chi connectivity index (χ1n) is 4.07. The zero-order valence-corrected chi connectivity index (χ0v) is 8.49. The van der Waals surface area contributed by atoms with Crippen LogP contribution < -0.4 is 5.73 Å². The second kappa shape index (κ2) is 4.93. The number of rotatable bonds is 3. The van der Waals surface area contributed by atoms with Crippen molar-refractivity contribution in [1.29, 1.82) is 0 Å². The van der Waals surface area contributed by atoms with Crippen molar-refractivity contribution in [1.82, 2.24) is 4.98 Å². The molecule has 4 nitrogen and oxygen atoms in total. The van der Waals surface area contributed by atoms with E-state index < -0.39 is 12.0 Å². The van der Waals surface area contributed by atoms with Gasteiger partial charge in [0.15, 0.2) is 0 Å². The number of nitrogens with two attached hydrogens (primary N) is 1. The molecule has 0 saturated heterocycles. The smallest absolute Gasteiger partial charge is 0.322 e. The van der Waals surface area contributed by atoms with Crippen molar-refractivity contribution in [3.63, 3.8) is 0 Å². The molecule has 1 aromatic heterocycles. The largest absolute Gasteiger partial charge is 0.468 e. The van der Waals surface area contributed by atoms with E-state index in [-0.39, 0.29) is 0 Å². The van der Waals surface area contributed by atoms with Gasteiger partial charge in [0.05, 0.1) is 7.11 Å². The Labute approximate surface area is 87.0 Å². The minimum absolute atomic E-state index is 0.333. The van der Waals surface area contributed by atoms with Gasteiger partial charge in [-0.1, -0.05) is 11.6 Å². The number of hydrogen-bond donors (Lipinski definition) is 1. The van der Waals surface area contributed by atoms with E-state index in [0.29, 0.717) is 11.4 Å². The highest BCUT2D eigenvalue weighted by Crippen LogP contribution is 2.14. The molecule has 0 amide bonds. The Balaban J connectivity index is 2.69. The van der Waals surface area contributed by atoms with E-state index in [1.807, 2.05) is 0 Å². The zero-order chi connectivity index (χ0) is 10.6. The summed E-state index contributed by atoms with van der Waals surface area (Å²) in [6.45, 7) is 0. The summed E-state index contributed by atoms with van der Waals surface area (Å²) in [4.78, 5) is 14.9. The van der Waals surface area contributed by atoms with Crippen LogP contribution in [-0.2, 0) is 16.0 Å². The zero-order valence-electron chi connectivity index (χ0n) is 7.74. The van der Waals surface area contributed by atoms with Crippen LogP contribution in [0.4, 0.5) is 0 Å². The average Bonchev–Trinajstić information content (AvgIpc) is 2.20. The topological polar surface area (TPSA) is 65.2 Å². The lowest BCUT2D eigenvalue weighted by Crippen LogP contribution is -2.33. The van der Waals surface area contributed by atoms with E-state index in [9.17, 15) is 4.79 Å². The molecule has 0 aliphatic carbocycles. The second-order valence-electron chi connectivity index (χ2n) is 2.80. The third-order valence-corrected chi connectivity index (χ3v) is 2.16. The molecule has 14 heavy (non-hydrogen) atoms. The van der Waals surface area contributed by atoms with Crippen molar-refractivity contribution in [3.05, 3.63) is 29.0 Å². The van der Waals surface area contributed by atoms with Gasteiger partial charge in [-0.15, -0.1) is 0 Å². The van der Waals surface area contributed by atoms with Gasteiger partial charge in [-0.2, -0.15) is 0 Å². The van der Waals surface area contributed by atoms with E-state index in [4.69, 9.17) is 17.3 Å². The van der Waals surface area contributed by atoms with Gasteiger partial charge < -0.3 is 10.5 Å². The maximum atomic E-state index is 11.0. The number of carbonyl (C=O) groups excluding carboxylic acids is 1. The van der Waals surface area contributed by atoms with Crippen molar-refractivity contribution in [2.75, 3.05) is 7.11 Å². The number of hydrogen-bond acceptors (Lipinski definition) is 4. The summed E-state index contributed by atoms with van der Waals surface area (Å²) in [7, 11) is 1.30. The van der Waals surface area contributed by atoms with Crippen LogP contribution in [0.1, 0.15) is 5.56 Å². The Kier molecular flexibility index (Phi) is 3.85. The molecule has 5 heteroatoms. The molecule has 0 aromatic carbocycles. The molecule has 1 rings (SSSR count). The highest BCUT2D eigenvalue weighted by molar-refractivity contribution is 6.31. The van der Waals surface area contributed by atoms with E-state index in [1.165, 1.54) is 7.11 Å². The molecule has 1 aromatic rings. The number of aromatic nitrogens is 1. The predicted molar refractivity (Wildman–Crippen MR) is 52.9 cm³/mol. The molecule has 0 unspecified atom stereocenters. The van der Waals surface area contributed by atoms with E-state index in [2.05, 4.69) is 9.72 Å². The number of ether oxygens (including phenoxy) is 1. The molecule has 0 fully saturated rings. The summed E-state index contributed by atoms with van der Waals surface area (Å²) in [6.07, 6.45) is 3.50. The minimum Gasteiger partial charge on any atom is -0.468 e. The van der Waals surface area contributed by atoms with Gasteiger partial charge in [-0.05, 0) is 11.6 Å². The Morgan fingerprint density at radius 3 is 3.07 bits per heavy atom. The quantitative estimate of drug-likeness (QED) is 0.756. The van der Waals surface area contributed by atoms with E-state index >= 15 is 0 Å². The van der Waals surface area contributed by atoms with Crippen LogP contribution in [0.3, 0.4) is 0 Å². The Morgan fingerprint density at radius 1 is 1.79 bits per heavy atom. The van der Waals surface area contributed by atoms with Crippen molar-refractivity contribution >= 4 is 17.6 Å². The number of carbonyl (C=O) groups is 1. The van der Waals surface area contributed by atoms with Gasteiger partial charge in [0.2, 0.25) is 0 Å². The average molecular weight is 215 g/mol. The molecule has 0 saturated carbocycles. The third-order valence-electron chi connectivity index (χ3n) is 1.79. The maximum Gasteiger partial charge on any atom is 0.322 e. The number of esters is 1. The van der Waals surface area contributed by atoms with Gasteiger partial charge in [0, 0.05) is 23.8 Å². The van der Waals surface area contributed by atoms with Crippen molar-refractivity contribution in [2.24, 2.45) is 5.73 Å². The molecule has 0 bridgehead atoms. The fourth-order valence-corrected chi connectivity index (χ4v) is 1.21. The van der Waals surface area contributed by atoms with E-state index in [0.717, 1.165) is 5.56 Å². The highest BCUT2D eigenvalue weighted by atomic mass is 35.5. The molecule has 1 atom stereocenters.